The molecule has 0 aliphatic carbocycles. The molecule has 2 rings (SSSR count). The number of nitrogens with one attached hydrogen (secondary N) is 1. The number of carbonyl (C=O) groups is 2. The summed E-state index contributed by atoms with van der Waals surface area (Å²) in [6.45, 7) is 0.475. The highest BCUT2D eigenvalue weighted by molar-refractivity contribution is 5.94. The van der Waals surface area contributed by atoms with Gasteiger partial charge in [0.15, 0.2) is 0 Å². The Labute approximate surface area is 109 Å². The third-order valence-corrected chi connectivity index (χ3v) is 2.66. The van der Waals surface area contributed by atoms with Crippen LogP contribution < -0.4 is 0 Å². The molecule has 6 nitrogen and oxygen atoms in total. The molecule has 2 N–H and O–H groups in total. The lowest BCUT2D eigenvalue weighted by Crippen LogP contribution is -2.26. The summed E-state index contributed by atoms with van der Waals surface area (Å²) in [7, 11) is 1.68. The Morgan fingerprint density at radius 1 is 1.37 bits per heavy atom. The van der Waals surface area contributed by atoms with Gasteiger partial charge in [-0.1, -0.05) is 0 Å². The maximum Gasteiger partial charge on any atom is 0.354 e. The molecule has 6 heteroatoms. The largest absolute Gasteiger partial charge is 0.477 e. The fourth-order valence-corrected chi connectivity index (χ4v) is 1.67. The van der Waals surface area contributed by atoms with Gasteiger partial charge >= 0.3 is 5.97 Å². The predicted octanol–water partition coefficient (Wildman–Crippen LogP) is 1.38. The van der Waals surface area contributed by atoms with Gasteiger partial charge < -0.3 is 15.0 Å². The first-order valence-electron chi connectivity index (χ1n) is 5.64. The summed E-state index contributed by atoms with van der Waals surface area (Å²) < 4.78 is 0. The summed E-state index contributed by atoms with van der Waals surface area (Å²) in [6, 6.07) is 4.67. The first kappa shape index (κ1) is 12.8. The van der Waals surface area contributed by atoms with Gasteiger partial charge in [-0.3, -0.25) is 4.79 Å². The minimum Gasteiger partial charge on any atom is -0.477 e. The average molecular weight is 259 g/mol. The summed E-state index contributed by atoms with van der Waals surface area (Å²) in [5.41, 5.74) is 1.28. The van der Waals surface area contributed by atoms with E-state index < -0.39 is 5.97 Å². The normalized spacial score (nSPS) is 10.2. The molecule has 0 fully saturated rings. The number of H-pyrrole nitrogens is 1. The molecule has 0 aliphatic heterocycles. The predicted molar refractivity (Wildman–Crippen MR) is 67.8 cm³/mol. The van der Waals surface area contributed by atoms with Crippen LogP contribution >= 0.6 is 0 Å². The van der Waals surface area contributed by atoms with Crippen LogP contribution in [-0.2, 0) is 6.54 Å². The number of carbonyl (C=O) groups excluding carboxylic acids is 1. The van der Waals surface area contributed by atoms with Gasteiger partial charge in [-0.05, 0) is 23.8 Å². The van der Waals surface area contributed by atoms with Gasteiger partial charge in [0, 0.05) is 32.2 Å². The van der Waals surface area contributed by atoms with Crippen LogP contribution in [0.5, 0.6) is 0 Å². The monoisotopic (exact) mass is 259 g/mol. The van der Waals surface area contributed by atoms with Crippen molar-refractivity contribution in [3.8, 4) is 0 Å². The van der Waals surface area contributed by atoms with Crippen molar-refractivity contribution in [3.05, 3.63) is 53.6 Å². The molecule has 0 spiro atoms. The number of hydrogen-bond donors (Lipinski definition) is 2. The fourth-order valence-electron chi connectivity index (χ4n) is 1.67. The lowest BCUT2D eigenvalue weighted by molar-refractivity contribution is 0.0688. The lowest BCUT2D eigenvalue weighted by Gasteiger charge is -2.16. The van der Waals surface area contributed by atoms with E-state index in [1.807, 2.05) is 12.3 Å². The molecule has 0 aromatic carbocycles. The highest BCUT2D eigenvalue weighted by Crippen LogP contribution is 2.08. The zero-order valence-corrected chi connectivity index (χ0v) is 10.3. The number of aromatic nitrogens is 2. The Balaban J connectivity index is 2.08. The number of rotatable bonds is 4. The van der Waals surface area contributed by atoms with Crippen molar-refractivity contribution < 1.29 is 14.7 Å². The van der Waals surface area contributed by atoms with Crippen LogP contribution in [0, 0.1) is 0 Å². The Hall–Kier alpha value is -2.63. The van der Waals surface area contributed by atoms with Gasteiger partial charge in [-0.15, -0.1) is 0 Å². The van der Waals surface area contributed by atoms with E-state index in [-0.39, 0.29) is 11.6 Å². The highest BCUT2D eigenvalue weighted by atomic mass is 16.4. The number of pyridine rings is 1. The molecule has 0 bridgehead atoms. The highest BCUT2D eigenvalue weighted by Gasteiger charge is 2.13. The first-order valence-corrected chi connectivity index (χ1v) is 5.64. The summed E-state index contributed by atoms with van der Waals surface area (Å²) >= 11 is 0. The molecule has 1 amide bonds. The number of amides is 1. The van der Waals surface area contributed by atoms with Crippen LogP contribution in [0.1, 0.15) is 26.4 Å². The summed E-state index contributed by atoms with van der Waals surface area (Å²) in [5, 5.41) is 8.73. The van der Waals surface area contributed by atoms with Gasteiger partial charge in [-0.2, -0.15) is 0 Å². The van der Waals surface area contributed by atoms with Crippen LogP contribution in [-0.4, -0.2) is 38.9 Å². The summed E-state index contributed by atoms with van der Waals surface area (Å²) in [4.78, 5) is 30.9. The van der Waals surface area contributed by atoms with Crippen molar-refractivity contribution in [2.45, 2.75) is 6.54 Å². The minimum absolute atomic E-state index is 0.0789. The van der Waals surface area contributed by atoms with E-state index in [2.05, 4.69) is 9.97 Å². The molecule has 0 aliphatic rings. The minimum atomic E-state index is -1.11. The summed E-state index contributed by atoms with van der Waals surface area (Å²) in [6.07, 6.45) is 4.88. The molecule has 2 heterocycles. The molecule has 19 heavy (non-hydrogen) atoms. The molecule has 0 saturated carbocycles. The zero-order chi connectivity index (χ0) is 13.8. The van der Waals surface area contributed by atoms with Crippen molar-refractivity contribution in [2.24, 2.45) is 0 Å². The van der Waals surface area contributed by atoms with E-state index in [1.54, 1.807) is 18.1 Å². The molecule has 98 valence electrons. The smallest absolute Gasteiger partial charge is 0.354 e. The Kier molecular flexibility index (Phi) is 3.61. The van der Waals surface area contributed by atoms with Crippen molar-refractivity contribution in [1.82, 2.24) is 14.9 Å². The molecule has 2 aromatic rings. The van der Waals surface area contributed by atoms with Crippen molar-refractivity contribution in [2.75, 3.05) is 7.05 Å². The quantitative estimate of drug-likeness (QED) is 0.868. The number of hydrogen-bond acceptors (Lipinski definition) is 3. The Bertz CT molecular complexity index is 576. The standard InChI is InChI=1S/C13H13N3O3/c1-16(8-9-4-5-14-6-9)12(17)10-2-3-11(13(18)19)15-7-10/h2-7,14H,8H2,1H3,(H,18,19). The van der Waals surface area contributed by atoms with Gasteiger partial charge in [0.05, 0.1) is 5.56 Å². The second kappa shape index (κ2) is 5.34. The van der Waals surface area contributed by atoms with Crippen molar-refractivity contribution >= 4 is 11.9 Å². The molecule has 2 aromatic heterocycles. The number of carboxylic acids is 1. The van der Waals surface area contributed by atoms with Crippen LogP contribution in [0.2, 0.25) is 0 Å². The number of aromatic carboxylic acids is 1. The van der Waals surface area contributed by atoms with Crippen LogP contribution in [0.15, 0.2) is 36.8 Å². The second-order valence-electron chi connectivity index (χ2n) is 4.12. The van der Waals surface area contributed by atoms with Gasteiger partial charge in [0.2, 0.25) is 0 Å². The number of carboxylic acid groups (broad SMARTS) is 1. The average Bonchev–Trinajstić information content (AvgIpc) is 2.90. The van der Waals surface area contributed by atoms with Crippen LogP contribution in [0.4, 0.5) is 0 Å². The van der Waals surface area contributed by atoms with Crippen molar-refractivity contribution in [3.63, 3.8) is 0 Å². The van der Waals surface area contributed by atoms with E-state index in [0.29, 0.717) is 12.1 Å². The van der Waals surface area contributed by atoms with E-state index >= 15 is 0 Å². The van der Waals surface area contributed by atoms with Crippen LogP contribution in [0.25, 0.3) is 0 Å². The molecule has 0 saturated heterocycles. The van der Waals surface area contributed by atoms with Crippen molar-refractivity contribution in [1.29, 1.82) is 0 Å². The summed E-state index contributed by atoms with van der Waals surface area (Å²) in [5.74, 6) is -1.31. The third-order valence-electron chi connectivity index (χ3n) is 2.66. The topological polar surface area (TPSA) is 86.3 Å². The van der Waals surface area contributed by atoms with Gasteiger partial charge in [0.25, 0.3) is 5.91 Å². The van der Waals surface area contributed by atoms with E-state index in [0.717, 1.165) is 5.56 Å². The van der Waals surface area contributed by atoms with Gasteiger partial charge in [0.1, 0.15) is 5.69 Å². The van der Waals surface area contributed by atoms with Gasteiger partial charge in [-0.25, -0.2) is 9.78 Å². The maximum atomic E-state index is 12.1. The second-order valence-corrected chi connectivity index (χ2v) is 4.12. The molecule has 0 atom stereocenters. The fraction of sp³-hybridized carbons (Fsp3) is 0.154. The zero-order valence-electron chi connectivity index (χ0n) is 10.3. The first-order chi connectivity index (χ1) is 9.08. The molecule has 0 unspecified atom stereocenters. The number of aromatic amines is 1. The molecular weight excluding hydrogens is 246 g/mol. The molecular formula is C13H13N3O3. The van der Waals surface area contributed by atoms with E-state index in [1.165, 1.54) is 18.3 Å². The molecule has 0 radical (unpaired) electrons. The Morgan fingerprint density at radius 2 is 2.16 bits per heavy atom. The third kappa shape index (κ3) is 2.98. The Morgan fingerprint density at radius 3 is 2.68 bits per heavy atom. The van der Waals surface area contributed by atoms with E-state index in [9.17, 15) is 9.59 Å². The number of nitrogens with zero attached hydrogens (tertiary/aromatic N) is 2. The van der Waals surface area contributed by atoms with E-state index in [4.69, 9.17) is 5.11 Å². The maximum absolute atomic E-state index is 12.1. The van der Waals surface area contributed by atoms with Crippen LogP contribution in [0.3, 0.4) is 0 Å². The lowest BCUT2D eigenvalue weighted by atomic mass is 10.2. The SMILES string of the molecule is CN(Cc1cc[nH]c1)C(=O)c1ccc(C(=O)O)nc1.